The second kappa shape index (κ2) is 9.67. The molecule has 1 amide bonds. The quantitative estimate of drug-likeness (QED) is 0.561. The minimum Gasteiger partial charge on any atom is -0.496 e. The second-order valence-electron chi connectivity index (χ2n) is 7.52. The predicted molar refractivity (Wildman–Crippen MR) is 119 cm³/mol. The van der Waals surface area contributed by atoms with Crippen LogP contribution in [0.3, 0.4) is 0 Å². The Balaban J connectivity index is 1.60. The third kappa shape index (κ3) is 4.37. The number of benzene rings is 1. The molecule has 0 unspecified atom stereocenters. The summed E-state index contributed by atoms with van der Waals surface area (Å²) in [6, 6.07) is 12.4. The van der Waals surface area contributed by atoms with Crippen LogP contribution in [0.15, 0.2) is 53.7 Å². The lowest BCUT2D eigenvalue weighted by molar-refractivity contribution is -0.153. The van der Waals surface area contributed by atoms with Gasteiger partial charge in [-0.1, -0.05) is 24.3 Å². The molecule has 3 heterocycles. The molecule has 1 aromatic carbocycles. The number of guanidine groups is 1. The van der Waals surface area contributed by atoms with Crippen LogP contribution in [0, 0.1) is 5.92 Å². The molecule has 0 bridgehead atoms. The van der Waals surface area contributed by atoms with Crippen LogP contribution in [-0.2, 0) is 14.3 Å². The number of ether oxygens (including phenoxy) is 2. The predicted octanol–water partition coefficient (Wildman–Crippen LogP) is 1.62. The minimum atomic E-state index is -1.08. The molecule has 0 radical (unpaired) electrons. The monoisotopic (exact) mass is 437 g/mol. The fraction of sp³-hybridized carbons (Fsp3) is 0.391. The number of para-hydroxylation sites is 1. The lowest BCUT2D eigenvalue weighted by atomic mass is 9.90. The summed E-state index contributed by atoms with van der Waals surface area (Å²) < 4.78 is 10.7. The summed E-state index contributed by atoms with van der Waals surface area (Å²) in [6.45, 7) is 4.72. The first-order valence-corrected chi connectivity index (χ1v) is 10.7. The van der Waals surface area contributed by atoms with Crippen LogP contribution in [0.25, 0.3) is 0 Å². The van der Waals surface area contributed by atoms with Crippen LogP contribution >= 0.6 is 0 Å². The lowest BCUT2D eigenvalue weighted by Gasteiger charge is -2.39. The maximum absolute atomic E-state index is 13.1. The zero-order valence-electron chi connectivity index (χ0n) is 18.2. The Morgan fingerprint density at radius 2 is 1.81 bits per heavy atom. The summed E-state index contributed by atoms with van der Waals surface area (Å²) in [5.41, 5.74) is 0.674. The highest BCUT2D eigenvalue weighted by Crippen LogP contribution is 2.36. The highest BCUT2D eigenvalue weighted by molar-refractivity contribution is 6.08. The van der Waals surface area contributed by atoms with Gasteiger partial charge < -0.3 is 19.3 Å². The molecule has 0 aliphatic carbocycles. The normalized spacial score (nSPS) is 20.9. The summed E-state index contributed by atoms with van der Waals surface area (Å²) >= 11 is 0. The molecular weight excluding hydrogens is 410 g/mol. The highest BCUT2D eigenvalue weighted by atomic mass is 16.5. The Kier molecular flexibility index (Phi) is 6.53. The number of hydrogen-bond donors (Lipinski definition) is 1. The van der Waals surface area contributed by atoms with Crippen molar-refractivity contribution in [2.24, 2.45) is 10.9 Å². The molecule has 1 fully saturated rings. The van der Waals surface area contributed by atoms with Crippen molar-refractivity contribution >= 4 is 23.7 Å². The third-order valence-corrected chi connectivity index (χ3v) is 5.65. The number of carbonyl (C=O) groups excluding carboxylic acids is 2. The second-order valence-corrected chi connectivity index (χ2v) is 7.52. The molecule has 2 aromatic rings. The van der Waals surface area contributed by atoms with Gasteiger partial charge in [0.15, 0.2) is 5.92 Å². The van der Waals surface area contributed by atoms with Gasteiger partial charge in [-0.05, 0) is 25.1 Å². The first kappa shape index (κ1) is 21.6. The number of carbonyl (C=O) groups is 2. The highest BCUT2D eigenvalue weighted by Gasteiger charge is 2.43. The van der Waals surface area contributed by atoms with Gasteiger partial charge in [0.1, 0.15) is 17.6 Å². The number of esters is 1. The van der Waals surface area contributed by atoms with Gasteiger partial charge >= 0.3 is 5.97 Å². The van der Waals surface area contributed by atoms with Gasteiger partial charge in [-0.25, -0.2) is 9.98 Å². The number of methoxy groups -OCH3 is 1. The molecular formula is C23H27N5O4. The van der Waals surface area contributed by atoms with Crippen LogP contribution in [0.4, 0.5) is 5.82 Å². The van der Waals surface area contributed by atoms with E-state index in [1.807, 2.05) is 41.3 Å². The van der Waals surface area contributed by atoms with Crippen molar-refractivity contribution in [2.75, 3.05) is 44.8 Å². The molecule has 1 saturated heterocycles. The molecule has 2 aliphatic heterocycles. The zero-order valence-corrected chi connectivity index (χ0v) is 18.2. The average Bonchev–Trinajstić information content (AvgIpc) is 2.84. The van der Waals surface area contributed by atoms with Crippen molar-refractivity contribution in [1.29, 1.82) is 0 Å². The molecule has 1 aromatic heterocycles. The first-order valence-electron chi connectivity index (χ1n) is 10.7. The fourth-order valence-corrected chi connectivity index (χ4v) is 4.05. The Labute approximate surface area is 187 Å². The van der Waals surface area contributed by atoms with Gasteiger partial charge in [-0.15, -0.1) is 0 Å². The van der Waals surface area contributed by atoms with E-state index in [0.717, 1.165) is 18.9 Å². The number of anilines is 1. The van der Waals surface area contributed by atoms with E-state index in [4.69, 9.17) is 14.5 Å². The first-order chi connectivity index (χ1) is 15.6. The third-order valence-electron chi connectivity index (χ3n) is 5.65. The molecule has 168 valence electrons. The maximum atomic E-state index is 13.1. The van der Waals surface area contributed by atoms with E-state index in [0.29, 0.717) is 30.4 Å². The summed E-state index contributed by atoms with van der Waals surface area (Å²) in [6.07, 6.45) is 1.78. The van der Waals surface area contributed by atoms with Crippen molar-refractivity contribution in [3.05, 3.63) is 54.2 Å². The van der Waals surface area contributed by atoms with Gasteiger partial charge in [0.2, 0.25) is 11.9 Å². The molecule has 9 heteroatoms. The fourth-order valence-electron chi connectivity index (χ4n) is 4.05. The van der Waals surface area contributed by atoms with Crippen LogP contribution in [0.1, 0.15) is 18.5 Å². The van der Waals surface area contributed by atoms with Crippen molar-refractivity contribution in [1.82, 2.24) is 15.2 Å². The summed E-state index contributed by atoms with van der Waals surface area (Å²) in [4.78, 5) is 39.2. The van der Waals surface area contributed by atoms with Gasteiger partial charge in [0.25, 0.3) is 0 Å². The minimum absolute atomic E-state index is 0.188. The Morgan fingerprint density at radius 3 is 2.50 bits per heavy atom. The van der Waals surface area contributed by atoms with Gasteiger partial charge in [0, 0.05) is 37.9 Å². The Morgan fingerprint density at radius 1 is 1.09 bits per heavy atom. The smallest absolute Gasteiger partial charge is 0.321 e. The summed E-state index contributed by atoms with van der Waals surface area (Å²) in [5.74, 6) is -0.127. The summed E-state index contributed by atoms with van der Waals surface area (Å²) in [7, 11) is 1.56. The molecule has 32 heavy (non-hydrogen) atoms. The topological polar surface area (TPSA) is 96.4 Å². The molecule has 1 N–H and O–H groups in total. The molecule has 9 nitrogen and oxygen atoms in total. The van der Waals surface area contributed by atoms with Gasteiger partial charge in [-0.3, -0.25) is 14.9 Å². The Bertz CT molecular complexity index is 989. The maximum Gasteiger partial charge on any atom is 0.321 e. The van der Waals surface area contributed by atoms with Crippen molar-refractivity contribution in [3.8, 4) is 5.75 Å². The largest absolute Gasteiger partial charge is 0.496 e. The van der Waals surface area contributed by atoms with Gasteiger partial charge in [0.05, 0.1) is 13.7 Å². The molecule has 2 aliphatic rings. The van der Waals surface area contributed by atoms with E-state index in [1.54, 1.807) is 26.3 Å². The SMILES string of the molecule is CCOC(=O)[C@H]1C(=O)NC(N2CCN(c3ccccn3)CC2)=N[C@H]1c1ccccc1OC. The van der Waals surface area contributed by atoms with Gasteiger partial charge in [-0.2, -0.15) is 0 Å². The average molecular weight is 438 g/mol. The Hall–Kier alpha value is -3.62. The number of aromatic nitrogens is 1. The number of amides is 1. The summed E-state index contributed by atoms with van der Waals surface area (Å²) in [5, 5.41) is 2.83. The molecule has 0 spiro atoms. The number of rotatable bonds is 5. The number of hydrogen-bond acceptors (Lipinski definition) is 8. The van der Waals surface area contributed by atoms with Crippen molar-refractivity contribution in [2.45, 2.75) is 13.0 Å². The van der Waals surface area contributed by atoms with E-state index in [1.165, 1.54) is 0 Å². The van der Waals surface area contributed by atoms with Crippen LogP contribution in [0.5, 0.6) is 5.75 Å². The number of nitrogens with one attached hydrogen (secondary N) is 1. The number of nitrogens with zero attached hydrogens (tertiary/aromatic N) is 4. The van der Waals surface area contributed by atoms with E-state index in [9.17, 15) is 9.59 Å². The molecule has 4 rings (SSSR count). The van der Waals surface area contributed by atoms with Crippen LogP contribution < -0.4 is 15.0 Å². The van der Waals surface area contributed by atoms with E-state index in [-0.39, 0.29) is 6.61 Å². The van der Waals surface area contributed by atoms with Crippen LogP contribution in [-0.4, -0.2) is 67.6 Å². The van der Waals surface area contributed by atoms with E-state index >= 15 is 0 Å². The lowest BCUT2D eigenvalue weighted by Crippen LogP contribution is -2.57. The molecule has 0 saturated carbocycles. The number of piperazine rings is 1. The zero-order chi connectivity index (χ0) is 22.5. The van der Waals surface area contributed by atoms with E-state index in [2.05, 4.69) is 15.2 Å². The standard InChI is InChI=1S/C23H27N5O4/c1-3-32-22(30)19-20(16-8-4-5-9-17(16)31-2)25-23(26-21(19)29)28-14-12-27(13-15-28)18-10-6-7-11-24-18/h4-11,19-20H,3,12-15H2,1-2H3,(H,25,26,29)/t19-,20+/m1/s1. The number of pyridine rings is 1. The molecule has 2 atom stereocenters. The van der Waals surface area contributed by atoms with E-state index < -0.39 is 23.8 Å². The van der Waals surface area contributed by atoms with Crippen molar-refractivity contribution in [3.63, 3.8) is 0 Å². The number of aliphatic imine (C=N–C) groups is 1. The van der Waals surface area contributed by atoms with Crippen LogP contribution in [0.2, 0.25) is 0 Å². The van der Waals surface area contributed by atoms with Crippen molar-refractivity contribution < 1.29 is 19.1 Å².